The van der Waals surface area contributed by atoms with Gasteiger partial charge < -0.3 is 5.11 Å². The van der Waals surface area contributed by atoms with Gasteiger partial charge in [0.1, 0.15) is 4.21 Å². The summed E-state index contributed by atoms with van der Waals surface area (Å²) in [7, 11) is 1.65. The van der Waals surface area contributed by atoms with Gasteiger partial charge in [0.15, 0.2) is 0 Å². The van der Waals surface area contributed by atoms with Gasteiger partial charge in [0.05, 0.1) is 11.0 Å². The fourth-order valence-electron chi connectivity index (χ4n) is 1.18. The van der Waals surface area contributed by atoms with Crippen LogP contribution >= 0.6 is 23.1 Å². The van der Waals surface area contributed by atoms with E-state index < -0.39 is 11.0 Å². The van der Waals surface area contributed by atoms with Gasteiger partial charge in [-0.3, -0.25) is 10.1 Å². The minimum Gasteiger partial charge on any atom is -0.388 e. The molecule has 2 heterocycles. The molecule has 8 nitrogen and oxygen atoms in total. The summed E-state index contributed by atoms with van der Waals surface area (Å²) >= 11 is 2.27. The third-order valence-corrected chi connectivity index (χ3v) is 4.58. The Hall–Kier alpha value is -1.52. The summed E-state index contributed by atoms with van der Waals surface area (Å²) in [6.07, 6.45) is -0.735. The van der Waals surface area contributed by atoms with E-state index in [0.29, 0.717) is 14.2 Å². The molecule has 0 aliphatic carbocycles. The fourth-order valence-corrected chi connectivity index (χ4v) is 3.30. The lowest BCUT2D eigenvalue weighted by Crippen LogP contribution is -1.93. The van der Waals surface area contributed by atoms with Crippen molar-refractivity contribution in [3.05, 3.63) is 21.1 Å². The van der Waals surface area contributed by atoms with Crippen LogP contribution in [-0.4, -0.2) is 30.2 Å². The molecule has 2 rings (SSSR count). The maximum atomic E-state index is 10.9. The normalized spacial score (nSPS) is 12.6. The number of thiophene rings is 1. The number of aliphatic hydroxyl groups is 1. The van der Waals surface area contributed by atoms with Crippen LogP contribution < -0.4 is 0 Å². The second-order valence-electron chi connectivity index (χ2n) is 3.44. The maximum absolute atomic E-state index is 10.9. The van der Waals surface area contributed by atoms with Gasteiger partial charge in [0.25, 0.3) is 5.69 Å². The van der Waals surface area contributed by atoms with Crippen LogP contribution in [0.1, 0.15) is 17.9 Å². The Bertz CT molecular complexity index is 579. The number of nitrogens with zero attached hydrogens (tertiary/aromatic N) is 5. The largest absolute Gasteiger partial charge is 0.388 e. The molecule has 0 aliphatic rings. The molecular formula is C8H9N5O3S2. The Morgan fingerprint density at radius 2 is 2.39 bits per heavy atom. The first-order valence-electron chi connectivity index (χ1n) is 4.85. The van der Waals surface area contributed by atoms with Gasteiger partial charge in [-0.15, -0.1) is 16.4 Å². The molecule has 0 radical (unpaired) electrons. The van der Waals surface area contributed by atoms with E-state index in [0.717, 1.165) is 11.8 Å². The van der Waals surface area contributed by atoms with E-state index in [-0.39, 0.29) is 5.69 Å². The quantitative estimate of drug-likeness (QED) is 0.668. The second-order valence-corrected chi connectivity index (χ2v) is 5.76. The first kappa shape index (κ1) is 12.9. The molecular weight excluding hydrogens is 278 g/mol. The highest BCUT2D eigenvalue weighted by Crippen LogP contribution is 2.42. The lowest BCUT2D eigenvalue weighted by atomic mass is 10.3. The van der Waals surface area contributed by atoms with Crippen molar-refractivity contribution in [1.29, 1.82) is 0 Å². The molecule has 2 aromatic rings. The maximum Gasteiger partial charge on any atom is 0.294 e. The minimum absolute atomic E-state index is 0.0381. The smallest absolute Gasteiger partial charge is 0.294 e. The van der Waals surface area contributed by atoms with Crippen LogP contribution in [0, 0.1) is 10.1 Å². The van der Waals surface area contributed by atoms with Gasteiger partial charge >= 0.3 is 0 Å². The molecule has 0 spiro atoms. The molecule has 1 N–H and O–H groups in total. The van der Waals surface area contributed by atoms with Crippen molar-refractivity contribution in [2.45, 2.75) is 22.4 Å². The van der Waals surface area contributed by atoms with Gasteiger partial charge in [-0.2, -0.15) is 0 Å². The van der Waals surface area contributed by atoms with Crippen molar-refractivity contribution in [2.75, 3.05) is 0 Å². The summed E-state index contributed by atoms with van der Waals surface area (Å²) in [5, 5.41) is 31.7. The third kappa shape index (κ3) is 2.49. The van der Waals surface area contributed by atoms with Crippen molar-refractivity contribution in [1.82, 2.24) is 20.2 Å². The summed E-state index contributed by atoms with van der Waals surface area (Å²) in [5.74, 6) is 0. The summed E-state index contributed by atoms with van der Waals surface area (Å²) in [5.41, 5.74) is -0.0381. The Labute approximate surface area is 110 Å². The molecule has 0 saturated carbocycles. The predicted octanol–water partition coefficient (Wildman–Crippen LogP) is 1.38. The summed E-state index contributed by atoms with van der Waals surface area (Å²) in [6, 6.07) is 1.38. The molecule has 1 atom stereocenters. The highest BCUT2D eigenvalue weighted by molar-refractivity contribution is 8.01. The topological polar surface area (TPSA) is 107 Å². The number of tetrazole rings is 1. The van der Waals surface area contributed by atoms with Crippen LogP contribution in [0.5, 0.6) is 0 Å². The first-order chi connectivity index (χ1) is 8.49. The molecule has 1 unspecified atom stereocenters. The fraction of sp³-hybridized carbons (Fsp3) is 0.375. The molecule has 0 aliphatic heterocycles. The van der Waals surface area contributed by atoms with Crippen molar-refractivity contribution in [3.8, 4) is 0 Å². The van der Waals surface area contributed by atoms with Crippen molar-refractivity contribution in [2.24, 2.45) is 7.05 Å². The lowest BCUT2D eigenvalue weighted by molar-refractivity contribution is -0.387. The van der Waals surface area contributed by atoms with Crippen LogP contribution in [0.25, 0.3) is 0 Å². The van der Waals surface area contributed by atoms with E-state index in [1.165, 1.54) is 22.1 Å². The number of rotatable bonds is 4. The highest BCUT2D eigenvalue weighted by atomic mass is 32.2. The Morgan fingerprint density at radius 3 is 2.89 bits per heavy atom. The molecule has 18 heavy (non-hydrogen) atoms. The van der Waals surface area contributed by atoms with Gasteiger partial charge in [-0.25, -0.2) is 4.68 Å². The van der Waals surface area contributed by atoms with Crippen molar-refractivity contribution >= 4 is 28.8 Å². The zero-order valence-electron chi connectivity index (χ0n) is 9.47. The molecule has 0 bridgehead atoms. The number of hydrogen-bond acceptors (Lipinski definition) is 8. The first-order valence-corrected chi connectivity index (χ1v) is 6.48. The van der Waals surface area contributed by atoms with E-state index >= 15 is 0 Å². The molecule has 2 aromatic heterocycles. The van der Waals surface area contributed by atoms with Crippen LogP contribution in [0.3, 0.4) is 0 Å². The minimum atomic E-state index is -0.735. The second kappa shape index (κ2) is 5.00. The van der Waals surface area contributed by atoms with Gasteiger partial charge in [-0.05, 0) is 29.1 Å². The third-order valence-electron chi connectivity index (χ3n) is 2.07. The van der Waals surface area contributed by atoms with E-state index in [2.05, 4.69) is 15.5 Å². The monoisotopic (exact) mass is 287 g/mol. The average molecular weight is 287 g/mol. The highest BCUT2D eigenvalue weighted by Gasteiger charge is 2.23. The molecule has 10 heteroatoms. The van der Waals surface area contributed by atoms with Crippen LogP contribution in [0.2, 0.25) is 0 Å². The summed E-state index contributed by atoms with van der Waals surface area (Å²) < 4.78 is 1.88. The molecule has 0 amide bonds. The lowest BCUT2D eigenvalue weighted by Gasteiger charge is -1.96. The number of aryl methyl sites for hydroxylation is 1. The summed E-state index contributed by atoms with van der Waals surface area (Å²) in [4.78, 5) is 11.0. The van der Waals surface area contributed by atoms with E-state index in [1.807, 2.05) is 0 Å². The predicted molar refractivity (Wildman–Crippen MR) is 64.5 cm³/mol. The number of nitro groups is 1. The molecule has 0 saturated heterocycles. The zero-order chi connectivity index (χ0) is 13.3. The van der Waals surface area contributed by atoms with Gasteiger partial charge in [-0.1, -0.05) is 0 Å². The van der Waals surface area contributed by atoms with Crippen LogP contribution in [-0.2, 0) is 7.05 Å². The van der Waals surface area contributed by atoms with Crippen molar-refractivity contribution < 1.29 is 10.0 Å². The number of aliphatic hydroxyl groups excluding tert-OH is 1. The molecule has 0 fully saturated rings. The molecule has 0 aromatic carbocycles. The van der Waals surface area contributed by atoms with E-state index in [1.54, 1.807) is 14.0 Å². The SMILES string of the molecule is CC(O)c1cc([N+](=O)[O-])c(Sc2nnnn2C)s1. The Morgan fingerprint density at radius 1 is 1.67 bits per heavy atom. The Balaban J connectivity index is 2.37. The van der Waals surface area contributed by atoms with Gasteiger partial charge in [0.2, 0.25) is 5.16 Å². The van der Waals surface area contributed by atoms with Gasteiger partial charge in [0, 0.05) is 18.0 Å². The number of aromatic nitrogens is 4. The van der Waals surface area contributed by atoms with Crippen LogP contribution in [0.15, 0.2) is 15.4 Å². The summed E-state index contributed by atoms with van der Waals surface area (Å²) in [6.45, 7) is 1.56. The average Bonchev–Trinajstić information content (AvgIpc) is 2.87. The zero-order valence-corrected chi connectivity index (χ0v) is 11.1. The van der Waals surface area contributed by atoms with Crippen LogP contribution in [0.4, 0.5) is 5.69 Å². The standard InChI is InChI=1S/C8H9N5O3S2/c1-4(14)6-3-5(13(15)16)7(17-6)18-8-9-10-11-12(8)2/h3-4,14H,1-2H3. The number of hydrogen-bond donors (Lipinski definition) is 1. The molecule has 96 valence electrons. The Kier molecular flexibility index (Phi) is 3.59. The van der Waals surface area contributed by atoms with E-state index in [9.17, 15) is 15.2 Å². The van der Waals surface area contributed by atoms with E-state index in [4.69, 9.17) is 0 Å². The van der Waals surface area contributed by atoms with Crippen molar-refractivity contribution in [3.63, 3.8) is 0 Å².